The summed E-state index contributed by atoms with van der Waals surface area (Å²) in [6.45, 7) is 4.12. The van der Waals surface area contributed by atoms with Gasteiger partial charge < -0.3 is 20.1 Å². The van der Waals surface area contributed by atoms with Crippen LogP contribution in [0.1, 0.15) is 51.1 Å². The summed E-state index contributed by atoms with van der Waals surface area (Å²) >= 11 is 0. The molecule has 6 heteroatoms. The third-order valence-corrected chi connectivity index (χ3v) is 4.59. The summed E-state index contributed by atoms with van der Waals surface area (Å²) in [7, 11) is 0. The van der Waals surface area contributed by atoms with Gasteiger partial charge in [0.25, 0.3) is 0 Å². The molecule has 1 saturated carbocycles. The summed E-state index contributed by atoms with van der Waals surface area (Å²) in [6.07, 6.45) is 3.94. The highest BCUT2D eigenvalue weighted by Gasteiger charge is 2.35. The lowest BCUT2D eigenvalue weighted by Gasteiger charge is -2.29. The molecular formula is C19H24N2O4. The van der Waals surface area contributed by atoms with Crippen molar-refractivity contribution < 1.29 is 19.1 Å². The molecule has 2 aliphatic rings. The highest BCUT2D eigenvalue weighted by Crippen LogP contribution is 2.34. The van der Waals surface area contributed by atoms with E-state index in [1.807, 2.05) is 31.2 Å². The van der Waals surface area contributed by atoms with Crippen LogP contribution in [0.2, 0.25) is 0 Å². The number of benzene rings is 1. The number of hydrogen-bond donors (Lipinski definition) is 2. The first-order valence-electron chi connectivity index (χ1n) is 8.81. The Balaban J connectivity index is 1.93. The second-order valence-electron chi connectivity index (χ2n) is 6.35. The minimum atomic E-state index is -0.592. The number of ether oxygens (including phenoxy) is 2. The van der Waals surface area contributed by atoms with Gasteiger partial charge in [-0.05, 0) is 45.6 Å². The van der Waals surface area contributed by atoms with Crippen molar-refractivity contribution in [3.63, 3.8) is 0 Å². The average Bonchev–Trinajstić information content (AvgIpc) is 3.07. The van der Waals surface area contributed by atoms with Crippen LogP contribution in [0.15, 0.2) is 35.5 Å². The first kappa shape index (κ1) is 17.3. The fourth-order valence-corrected chi connectivity index (χ4v) is 3.42. The standard InChI is InChI=1S/C19H24N2O4/c1-3-24-15-11-7-6-10-14(15)17-16(12(2)20-19(23)21-17)18(22)25-13-8-4-5-9-13/h6-7,10-11,13,17H,3-5,8-9H2,1-2H3,(H2,20,21,23)/t17-/m0/s1. The maximum absolute atomic E-state index is 12.8. The van der Waals surface area contributed by atoms with Crippen molar-refractivity contribution in [2.24, 2.45) is 0 Å². The van der Waals surface area contributed by atoms with Crippen molar-refractivity contribution in [3.05, 3.63) is 41.1 Å². The van der Waals surface area contributed by atoms with E-state index in [4.69, 9.17) is 9.47 Å². The van der Waals surface area contributed by atoms with E-state index >= 15 is 0 Å². The highest BCUT2D eigenvalue weighted by atomic mass is 16.5. The molecule has 6 nitrogen and oxygen atoms in total. The predicted molar refractivity (Wildman–Crippen MR) is 93.1 cm³/mol. The molecule has 25 heavy (non-hydrogen) atoms. The van der Waals surface area contributed by atoms with Gasteiger partial charge in [-0.2, -0.15) is 0 Å². The second-order valence-corrected chi connectivity index (χ2v) is 6.35. The van der Waals surface area contributed by atoms with Gasteiger partial charge in [0, 0.05) is 11.3 Å². The summed E-state index contributed by atoms with van der Waals surface area (Å²) in [5.41, 5.74) is 1.69. The number of para-hydroxylation sites is 1. The molecule has 3 rings (SSSR count). The fourth-order valence-electron chi connectivity index (χ4n) is 3.42. The number of nitrogens with one attached hydrogen (secondary N) is 2. The first-order chi connectivity index (χ1) is 12.1. The summed E-state index contributed by atoms with van der Waals surface area (Å²) < 4.78 is 11.4. The number of carbonyl (C=O) groups is 2. The van der Waals surface area contributed by atoms with Crippen LogP contribution < -0.4 is 15.4 Å². The lowest BCUT2D eigenvalue weighted by Crippen LogP contribution is -2.45. The number of urea groups is 1. The molecule has 134 valence electrons. The highest BCUT2D eigenvalue weighted by molar-refractivity contribution is 5.95. The molecule has 1 aromatic rings. The molecule has 1 aliphatic heterocycles. The molecule has 2 N–H and O–H groups in total. The smallest absolute Gasteiger partial charge is 0.338 e. The number of hydrogen-bond acceptors (Lipinski definition) is 4. The molecule has 0 spiro atoms. The Labute approximate surface area is 147 Å². The summed E-state index contributed by atoms with van der Waals surface area (Å²) in [6, 6.07) is 6.49. The molecular weight excluding hydrogens is 320 g/mol. The van der Waals surface area contributed by atoms with E-state index in [-0.39, 0.29) is 18.1 Å². The van der Waals surface area contributed by atoms with Crippen molar-refractivity contribution in [1.82, 2.24) is 10.6 Å². The summed E-state index contributed by atoms with van der Waals surface area (Å²) in [5, 5.41) is 5.50. The maximum Gasteiger partial charge on any atom is 0.338 e. The number of carbonyl (C=O) groups excluding carboxylic acids is 2. The minimum absolute atomic E-state index is 0.0341. The Kier molecular flexibility index (Phi) is 5.26. The van der Waals surface area contributed by atoms with Gasteiger partial charge >= 0.3 is 12.0 Å². The monoisotopic (exact) mass is 344 g/mol. The minimum Gasteiger partial charge on any atom is -0.494 e. The number of esters is 1. The zero-order chi connectivity index (χ0) is 17.8. The van der Waals surface area contributed by atoms with E-state index in [1.54, 1.807) is 6.92 Å². The van der Waals surface area contributed by atoms with Gasteiger partial charge in [0.1, 0.15) is 11.9 Å². The summed E-state index contributed by atoms with van der Waals surface area (Å²) in [5.74, 6) is 0.268. The van der Waals surface area contributed by atoms with Crippen LogP contribution in [0.3, 0.4) is 0 Å². The number of rotatable bonds is 5. The molecule has 0 bridgehead atoms. The molecule has 1 aromatic carbocycles. The van der Waals surface area contributed by atoms with Crippen LogP contribution in [-0.2, 0) is 9.53 Å². The molecule has 0 unspecified atom stereocenters. The molecule has 0 saturated heterocycles. The molecule has 1 aliphatic carbocycles. The van der Waals surface area contributed by atoms with Crippen molar-refractivity contribution in [3.8, 4) is 5.75 Å². The number of amides is 2. The van der Waals surface area contributed by atoms with Crippen LogP contribution >= 0.6 is 0 Å². The quantitative estimate of drug-likeness (QED) is 0.804. The summed E-state index contributed by atoms with van der Waals surface area (Å²) in [4.78, 5) is 24.8. The number of allylic oxidation sites excluding steroid dienone is 1. The van der Waals surface area contributed by atoms with Gasteiger partial charge in [0.2, 0.25) is 0 Å². The van der Waals surface area contributed by atoms with E-state index < -0.39 is 6.04 Å². The van der Waals surface area contributed by atoms with Gasteiger partial charge in [-0.1, -0.05) is 18.2 Å². The molecule has 0 radical (unpaired) electrons. The first-order valence-corrected chi connectivity index (χ1v) is 8.81. The molecule has 0 aromatic heterocycles. The van der Waals surface area contributed by atoms with Crippen LogP contribution in [-0.4, -0.2) is 24.7 Å². The predicted octanol–water partition coefficient (Wildman–Crippen LogP) is 3.20. The lowest BCUT2D eigenvalue weighted by molar-refractivity contribution is -0.144. The lowest BCUT2D eigenvalue weighted by atomic mass is 9.94. The van der Waals surface area contributed by atoms with Crippen molar-refractivity contribution >= 4 is 12.0 Å². The van der Waals surface area contributed by atoms with Crippen LogP contribution in [0.4, 0.5) is 4.79 Å². The normalized spacial score (nSPS) is 20.9. The Bertz CT molecular complexity index is 692. The third-order valence-electron chi connectivity index (χ3n) is 4.59. The fraction of sp³-hybridized carbons (Fsp3) is 0.474. The Morgan fingerprint density at radius 2 is 1.96 bits per heavy atom. The molecule has 1 fully saturated rings. The van der Waals surface area contributed by atoms with Crippen LogP contribution in [0.5, 0.6) is 5.75 Å². The largest absolute Gasteiger partial charge is 0.494 e. The van der Waals surface area contributed by atoms with Crippen molar-refractivity contribution in [2.45, 2.75) is 51.7 Å². The molecule has 1 heterocycles. The van der Waals surface area contributed by atoms with E-state index in [1.165, 1.54) is 0 Å². The average molecular weight is 344 g/mol. The topological polar surface area (TPSA) is 76.7 Å². The second kappa shape index (κ2) is 7.59. The van der Waals surface area contributed by atoms with Gasteiger partial charge in [-0.25, -0.2) is 9.59 Å². The zero-order valence-corrected chi connectivity index (χ0v) is 14.6. The van der Waals surface area contributed by atoms with Crippen LogP contribution in [0.25, 0.3) is 0 Å². The van der Waals surface area contributed by atoms with E-state index in [9.17, 15) is 9.59 Å². The maximum atomic E-state index is 12.8. The Morgan fingerprint density at radius 3 is 2.68 bits per heavy atom. The zero-order valence-electron chi connectivity index (χ0n) is 14.6. The van der Waals surface area contributed by atoms with E-state index in [0.717, 1.165) is 31.2 Å². The Morgan fingerprint density at radius 1 is 1.24 bits per heavy atom. The molecule has 1 atom stereocenters. The van der Waals surface area contributed by atoms with Crippen molar-refractivity contribution in [2.75, 3.05) is 6.61 Å². The van der Waals surface area contributed by atoms with E-state index in [2.05, 4.69) is 10.6 Å². The van der Waals surface area contributed by atoms with Crippen molar-refractivity contribution in [1.29, 1.82) is 0 Å². The Hall–Kier alpha value is -2.50. The van der Waals surface area contributed by atoms with Gasteiger partial charge in [0.15, 0.2) is 0 Å². The molecule has 2 amide bonds. The van der Waals surface area contributed by atoms with Gasteiger partial charge in [-0.15, -0.1) is 0 Å². The van der Waals surface area contributed by atoms with E-state index in [0.29, 0.717) is 23.6 Å². The van der Waals surface area contributed by atoms with Gasteiger partial charge in [-0.3, -0.25) is 0 Å². The third kappa shape index (κ3) is 3.78. The van der Waals surface area contributed by atoms with Gasteiger partial charge in [0.05, 0.1) is 18.2 Å². The van der Waals surface area contributed by atoms with Crippen LogP contribution in [0, 0.1) is 0 Å². The SMILES string of the molecule is CCOc1ccccc1[C@@H]1NC(=O)NC(C)=C1C(=O)OC1CCCC1.